The summed E-state index contributed by atoms with van der Waals surface area (Å²) < 4.78 is 55.2. The number of halogens is 2. The van der Waals surface area contributed by atoms with Gasteiger partial charge in [0.15, 0.2) is 0 Å². The summed E-state index contributed by atoms with van der Waals surface area (Å²) in [5.74, 6) is -3.18. The van der Waals surface area contributed by atoms with Crippen LogP contribution in [0.2, 0.25) is 0 Å². The number of aryl methyl sites for hydroxylation is 1. The molecule has 1 heterocycles. The normalized spacial score (nSPS) is 21.0. The molecule has 6 nitrogen and oxygen atoms in total. The second-order valence-electron chi connectivity index (χ2n) is 5.18. The molecule has 1 amide bonds. The van der Waals surface area contributed by atoms with Crippen molar-refractivity contribution in [2.45, 2.75) is 30.2 Å². The van der Waals surface area contributed by atoms with Crippen molar-refractivity contribution < 1.29 is 31.3 Å². The summed E-state index contributed by atoms with van der Waals surface area (Å²) in [5.41, 5.74) is 0.853. The van der Waals surface area contributed by atoms with Crippen LogP contribution in [0.15, 0.2) is 29.2 Å². The molecular formula is C13H15F2NO5S. The van der Waals surface area contributed by atoms with Gasteiger partial charge in [0.2, 0.25) is 0 Å². The van der Waals surface area contributed by atoms with Crippen molar-refractivity contribution in [2.24, 2.45) is 0 Å². The smallest absolute Gasteiger partial charge is 0.407 e. The number of likely N-dealkylation sites (tertiary alicyclic amines) is 1. The summed E-state index contributed by atoms with van der Waals surface area (Å²) in [5, 5.41) is 8.88. The maximum Gasteiger partial charge on any atom is 0.407 e. The number of nitrogens with zero attached hydrogens (tertiary/aromatic N) is 1. The second kappa shape index (κ2) is 5.81. The average Bonchev–Trinajstić information content (AvgIpc) is 2.73. The fraction of sp³-hybridized carbons (Fsp3) is 0.462. The highest BCUT2D eigenvalue weighted by atomic mass is 32.2. The highest BCUT2D eigenvalue weighted by molar-refractivity contribution is 7.86. The molecular weight excluding hydrogens is 320 g/mol. The first-order chi connectivity index (χ1) is 10.1. The number of hydrogen-bond donors (Lipinski definition) is 1. The zero-order valence-electron chi connectivity index (χ0n) is 11.7. The van der Waals surface area contributed by atoms with Crippen molar-refractivity contribution in [1.82, 2.24) is 4.90 Å². The van der Waals surface area contributed by atoms with Crippen LogP contribution in [-0.2, 0) is 14.3 Å². The van der Waals surface area contributed by atoms with Gasteiger partial charge in [0.05, 0.1) is 24.1 Å². The number of rotatable bonds is 4. The van der Waals surface area contributed by atoms with E-state index >= 15 is 0 Å². The monoisotopic (exact) mass is 335 g/mol. The number of amides is 1. The van der Waals surface area contributed by atoms with Crippen molar-refractivity contribution in [2.75, 3.05) is 13.2 Å². The third kappa shape index (κ3) is 3.72. The van der Waals surface area contributed by atoms with E-state index in [1.54, 1.807) is 19.1 Å². The van der Waals surface area contributed by atoms with Gasteiger partial charge in [0.25, 0.3) is 16.0 Å². The molecule has 0 saturated carbocycles. The second-order valence-corrected chi connectivity index (χ2v) is 6.79. The van der Waals surface area contributed by atoms with Crippen LogP contribution in [0.3, 0.4) is 0 Å². The highest BCUT2D eigenvalue weighted by Crippen LogP contribution is 2.32. The van der Waals surface area contributed by atoms with Gasteiger partial charge in [-0.3, -0.25) is 9.08 Å². The molecule has 22 heavy (non-hydrogen) atoms. The third-order valence-electron chi connectivity index (χ3n) is 3.35. The molecule has 122 valence electrons. The maximum atomic E-state index is 13.3. The third-order valence-corrected chi connectivity index (χ3v) is 4.64. The molecule has 1 aromatic carbocycles. The van der Waals surface area contributed by atoms with E-state index in [1.165, 1.54) is 12.1 Å². The van der Waals surface area contributed by atoms with E-state index in [-0.39, 0.29) is 4.90 Å². The fourth-order valence-corrected chi connectivity index (χ4v) is 3.15. The van der Waals surface area contributed by atoms with Crippen LogP contribution < -0.4 is 0 Å². The molecule has 1 aliphatic heterocycles. The first kappa shape index (κ1) is 16.6. The predicted molar refractivity (Wildman–Crippen MR) is 72.4 cm³/mol. The molecule has 0 aliphatic carbocycles. The number of benzene rings is 1. The summed E-state index contributed by atoms with van der Waals surface area (Å²) >= 11 is 0. The van der Waals surface area contributed by atoms with Gasteiger partial charge in [-0.15, -0.1) is 0 Å². The first-order valence-electron chi connectivity index (χ1n) is 6.44. The SMILES string of the molecule is Cc1ccc(S(=O)(=O)OCC2CC(F)(F)CN2C(=O)O)cc1. The van der Waals surface area contributed by atoms with Crippen LogP contribution in [0.4, 0.5) is 13.6 Å². The lowest BCUT2D eigenvalue weighted by Gasteiger charge is -2.20. The van der Waals surface area contributed by atoms with Gasteiger partial charge in [0, 0.05) is 6.42 Å². The van der Waals surface area contributed by atoms with E-state index in [0.29, 0.717) is 4.90 Å². The average molecular weight is 335 g/mol. The zero-order valence-corrected chi connectivity index (χ0v) is 12.5. The Labute approximate surface area is 126 Å². The molecule has 1 aromatic rings. The molecule has 0 spiro atoms. The van der Waals surface area contributed by atoms with E-state index in [9.17, 15) is 22.0 Å². The lowest BCUT2D eigenvalue weighted by molar-refractivity contribution is 0.0124. The summed E-state index contributed by atoms with van der Waals surface area (Å²) in [6, 6.07) is 4.62. The predicted octanol–water partition coefficient (Wildman–Crippen LogP) is 2.09. The van der Waals surface area contributed by atoms with Gasteiger partial charge < -0.3 is 5.11 Å². The van der Waals surface area contributed by atoms with Gasteiger partial charge in [-0.25, -0.2) is 13.6 Å². The molecule has 9 heteroatoms. The Morgan fingerprint density at radius 3 is 2.55 bits per heavy atom. The molecule has 2 rings (SSSR count). The van der Waals surface area contributed by atoms with Gasteiger partial charge in [0.1, 0.15) is 0 Å². The summed E-state index contributed by atoms with van der Waals surface area (Å²) in [6.07, 6.45) is -2.29. The van der Waals surface area contributed by atoms with Crippen LogP contribution in [-0.4, -0.2) is 49.6 Å². The van der Waals surface area contributed by atoms with Crippen molar-refractivity contribution in [1.29, 1.82) is 0 Å². The van der Waals surface area contributed by atoms with E-state index < -0.39 is 47.7 Å². The summed E-state index contributed by atoms with van der Waals surface area (Å²) in [7, 11) is -4.12. The molecule has 1 N–H and O–H groups in total. The van der Waals surface area contributed by atoms with E-state index in [4.69, 9.17) is 9.29 Å². The van der Waals surface area contributed by atoms with Crippen LogP contribution in [0, 0.1) is 6.92 Å². The molecule has 1 fully saturated rings. The molecule has 0 radical (unpaired) electrons. The Morgan fingerprint density at radius 1 is 1.41 bits per heavy atom. The first-order valence-corrected chi connectivity index (χ1v) is 7.85. The van der Waals surface area contributed by atoms with E-state index in [0.717, 1.165) is 5.56 Å². The topological polar surface area (TPSA) is 83.9 Å². The Bertz CT molecular complexity index is 660. The summed E-state index contributed by atoms with van der Waals surface area (Å²) in [4.78, 5) is 11.3. The summed E-state index contributed by atoms with van der Waals surface area (Å²) in [6.45, 7) is 0.182. The van der Waals surface area contributed by atoms with Crippen LogP contribution in [0.5, 0.6) is 0 Å². The number of alkyl halides is 2. The number of carbonyl (C=O) groups is 1. The Kier molecular flexibility index (Phi) is 4.39. The Balaban J connectivity index is 2.08. The van der Waals surface area contributed by atoms with Gasteiger partial charge in [-0.05, 0) is 19.1 Å². The lowest BCUT2D eigenvalue weighted by Crippen LogP contribution is -2.38. The van der Waals surface area contributed by atoms with Crippen molar-refractivity contribution in [3.8, 4) is 0 Å². The van der Waals surface area contributed by atoms with Crippen LogP contribution >= 0.6 is 0 Å². The Morgan fingerprint density at radius 2 is 2.00 bits per heavy atom. The molecule has 1 atom stereocenters. The minimum Gasteiger partial charge on any atom is -0.465 e. The Hall–Kier alpha value is -1.74. The quantitative estimate of drug-likeness (QED) is 0.852. The van der Waals surface area contributed by atoms with Gasteiger partial charge in [-0.2, -0.15) is 8.42 Å². The van der Waals surface area contributed by atoms with Crippen molar-refractivity contribution in [3.63, 3.8) is 0 Å². The molecule has 0 aromatic heterocycles. The lowest BCUT2D eigenvalue weighted by atomic mass is 10.2. The van der Waals surface area contributed by atoms with E-state index in [1.807, 2.05) is 0 Å². The molecule has 1 aliphatic rings. The number of carboxylic acid groups (broad SMARTS) is 1. The largest absolute Gasteiger partial charge is 0.465 e. The van der Waals surface area contributed by atoms with Crippen molar-refractivity contribution in [3.05, 3.63) is 29.8 Å². The van der Waals surface area contributed by atoms with E-state index in [2.05, 4.69) is 0 Å². The standard InChI is InChI=1S/C13H15F2NO5S/c1-9-2-4-11(5-3-9)22(19,20)21-7-10-6-13(14,15)8-16(10)12(17)18/h2-5,10H,6-8H2,1H3,(H,17,18). The maximum absolute atomic E-state index is 13.3. The highest BCUT2D eigenvalue weighted by Gasteiger charge is 2.47. The van der Waals surface area contributed by atoms with Crippen LogP contribution in [0.1, 0.15) is 12.0 Å². The molecule has 1 unspecified atom stereocenters. The zero-order chi connectivity index (χ0) is 16.5. The van der Waals surface area contributed by atoms with Crippen molar-refractivity contribution >= 4 is 16.2 Å². The van der Waals surface area contributed by atoms with Gasteiger partial charge >= 0.3 is 6.09 Å². The molecule has 1 saturated heterocycles. The minimum atomic E-state index is -4.12. The minimum absolute atomic E-state index is 0.107. The van der Waals surface area contributed by atoms with Crippen LogP contribution in [0.25, 0.3) is 0 Å². The van der Waals surface area contributed by atoms with Gasteiger partial charge in [-0.1, -0.05) is 17.7 Å². The fourth-order valence-electron chi connectivity index (χ4n) is 2.21. The molecule has 0 bridgehead atoms. The number of hydrogen-bond acceptors (Lipinski definition) is 4.